The molecule has 0 aromatic heterocycles. The first kappa shape index (κ1) is 12.0. The molecule has 0 saturated heterocycles. The summed E-state index contributed by atoms with van der Waals surface area (Å²) >= 11 is 0. The van der Waals surface area contributed by atoms with Crippen LogP contribution in [0.3, 0.4) is 0 Å². The van der Waals surface area contributed by atoms with Crippen LogP contribution >= 0.6 is 0 Å². The summed E-state index contributed by atoms with van der Waals surface area (Å²) in [5, 5.41) is -0.758. The summed E-state index contributed by atoms with van der Waals surface area (Å²) in [7, 11) is -4.35. The summed E-state index contributed by atoms with van der Waals surface area (Å²) in [5.41, 5.74) is 0. The average molecular weight is 222 g/mol. The highest BCUT2D eigenvalue weighted by molar-refractivity contribution is 7.87. The molecular weight excluding hydrogens is 203 g/mol. The predicted octanol–water partition coefficient (Wildman–Crippen LogP) is 2.75. The van der Waals surface area contributed by atoms with Gasteiger partial charge in [0.25, 0.3) is 0 Å². The number of hydrogen-bond acceptors (Lipinski definition) is 2. The first-order chi connectivity index (χ1) is 6.32. The molecule has 0 spiro atoms. The highest BCUT2D eigenvalue weighted by Crippen LogP contribution is 2.37. The van der Waals surface area contributed by atoms with Crippen LogP contribution in [0.4, 0.5) is 3.89 Å². The molecule has 84 valence electrons. The van der Waals surface area contributed by atoms with Crippen LogP contribution in [0.5, 0.6) is 0 Å². The minimum absolute atomic E-state index is 0.00111. The third kappa shape index (κ3) is 2.69. The zero-order chi connectivity index (χ0) is 10.9. The van der Waals surface area contributed by atoms with Gasteiger partial charge < -0.3 is 0 Å². The molecular formula is C10H19FO2S. The molecule has 1 aliphatic rings. The SMILES string of the molecule is CC1CCC(C(C)C)C(S(=O)(=O)F)C1. The largest absolute Gasteiger partial charge is 0.305 e. The molecule has 0 N–H and O–H groups in total. The molecule has 3 atom stereocenters. The van der Waals surface area contributed by atoms with E-state index >= 15 is 0 Å². The van der Waals surface area contributed by atoms with Gasteiger partial charge in [0.2, 0.25) is 0 Å². The molecule has 0 aromatic carbocycles. The maximum atomic E-state index is 13.0. The Labute approximate surface area is 86.1 Å². The zero-order valence-corrected chi connectivity index (χ0v) is 9.85. The fourth-order valence-electron chi connectivity index (χ4n) is 2.44. The quantitative estimate of drug-likeness (QED) is 0.673. The number of hydrogen-bond donors (Lipinski definition) is 0. The van der Waals surface area contributed by atoms with E-state index in [1.807, 2.05) is 20.8 Å². The van der Waals surface area contributed by atoms with Gasteiger partial charge in [0, 0.05) is 0 Å². The smallest absolute Gasteiger partial charge is 0.195 e. The first-order valence-electron chi connectivity index (χ1n) is 5.26. The normalized spacial score (nSPS) is 34.8. The Balaban J connectivity index is 2.85. The van der Waals surface area contributed by atoms with Crippen molar-refractivity contribution in [2.24, 2.45) is 17.8 Å². The van der Waals surface area contributed by atoms with E-state index in [-0.39, 0.29) is 11.8 Å². The van der Waals surface area contributed by atoms with Gasteiger partial charge in [-0.1, -0.05) is 27.2 Å². The van der Waals surface area contributed by atoms with Crippen molar-refractivity contribution < 1.29 is 12.3 Å². The van der Waals surface area contributed by atoms with E-state index in [2.05, 4.69) is 0 Å². The summed E-state index contributed by atoms with van der Waals surface area (Å²) < 4.78 is 35.0. The van der Waals surface area contributed by atoms with Crippen LogP contribution < -0.4 is 0 Å². The van der Waals surface area contributed by atoms with Crippen molar-refractivity contribution in [3.63, 3.8) is 0 Å². The molecule has 1 saturated carbocycles. The van der Waals surface area contributed by atoms with Crippen molar-refractivity contribution in [2.45, 2.75) is 45.3 Å². The van der Waals surface area contributed by atoms with Crippen LogP contribution in [0, 0.1) is 17.8 Å². The molecule has 4 heteroatoms. The second-order valence-electron chi connectivity index (χ2n) is 4.84. The Morgan fingerprint density at radius 1 is 1.29 bits per heavy atom. The van der Waals surface area contributed by atoms with Crippen molar-refractivity contribution in [3.8, 4) is 0 Å². The van der Waals surface area contributed by atoms with Gasteiger partial charge in [-0.25, -0.2) is 0 Å². The van der Waals surface area contributed by atoms with Crippen molar-refractivity contribution in [1.82, 2.24) is 0 Å². The van der Waals surface area contributed by atoms with E-state index in [1.54, 1.807) is 0 Å². The fourth-order valence-corrected chi connectivity index (χ4v) is 3.86. The third-order valence-corrected chi connectivity index (χ3v) is 4.59. The molecule has 1 rings (SSSR count). The summed E-state index contributed by atoms with van der Waals surface area (Å²) in [6.45, 7) is 5.94. The van der Waals surface area contributed by atoms with E-state index in [4.69, 9.17) is 0 Å². The van der Waals surface area contributed by atoms with Gasteiger partial charge in [0.05, 0.1) is 5.25 Å². The Morgan fingerprint density at radius 3 is 2.29 bits per heavy atom. The van der Waals surface area contributed by atoms with Gasteiger partial charge >= 0.3 is 10.2 Å². The van der Waals surface area contributed by atoms with Crippen LogP contribution in [-0.2, 0) is 10.2 Å². The lowest BCUT2D eigenvalue weighted by molar-refractivity contribution is 0.233. The standard InChI is InChI=1S/C10H19FO2S/c1-7(2)9-5-4-8(3)6-10(9)14(11,12)13/h7-10H,4-6H2,1-3H3. The number of rotatable bonds is 2. The minimum atomic E-state index is -4.35. The molecule has 0 heterocycles. The Kier molecular flexibility index (Phi) is 3.56. The monoisotopic (exact) mass is 222 g/mol. The lowest BCUT2D eigenvalue weighted by Crippen LogP contribution is -2.36. The maximum Gasteiger partial charge on any atom is 0.305 e. The molecule has 3 unspecified atom stereocenters. The lowest BCUT2D eigenvalue weighted by atomic mass is 9.77. The second kappa shape index (κ2) is 4.17. The van der Waals surface area contributed by atoms with E-state index in [0.717, 1.165) is 12.8 Å². The average Bonchev–Trinajstić information content (AvgIpc) is 2.01. The van der Waals surface area contributed by atoms with Crippen LogP contribution in [0.2, 0.25) is 0 Å². The maximum absolute atomic E-state index is 13.0. The Bertz CT molecular complexity index is 284. The van der Waals surface area contributed by atoms with Crippen molar-refractivity contribution in [1.29, 1.82) is 0 Å². The van der Waals surface area contributed by atoms with Crippen molar-refractivity contribution in [2.75, 3.05) is 0 Å². The minimum Gasteiger partial charge on any atom is -0.195 e. The molecule has 14 heavy (non-hydrogen) atoms. The van der Waals surface area contributed by atoms with Crippen LogP contribution in [0.1, 0.15) is 40.0 Å². The summed E-state index contributed by atoms with van der Waals surface area (Å²) in [5.74, 6) is 0.583. The van der Waals surface area contributed by atoms with Gasteiger partial charge in [0.15, 0.2) is 0 Å². The van der Waals surface area contributed by atoms with E-state index in [9.17, 15) is 12.3 Å². The van der Waals surface area contributed by atoms with Crippen LogP contribution in [0.15, 0.2) is 0 Å². The topological polar surface area (TPSA) is 34.1 Å². The Morgan fingerprint density at radius 2 is 1.86 bits per heavy atom. The van der Waals surface area contributed by atoms with Gasteiger partial charge in [-0.15, -0.1) is 3.89 Å². The van der Waals surface area contributed by atoms with Crippen molar-refractivity contribution >= 4 is 10.2 Å². The van der Waals surface area contributed by atoms with E-state index in [1.165, 1.54) is 0 Å². The van der Waals surface area contributed by atoms with E-state index < -0.39 is 15.5 Å². The molecule has 0 radical (unpaired) electrons. The predicted molar refractivity (Wildman–Crippen MR) is 55.2 cm³/mol. The molecule has 1 aliphatic carbocycles. The molecule has 1 fully saturated rings. The van der Waals surface area contributed by atoms with Gasteiger partial charge in [-0.2, -0.15) is 8.42 Å². The van der Waals surface area contributed by atoms with Gasteiger partial charge in [0.1, 0.15) is 0 Å². The Hall–Kier alpha value is -0.120. The van der Waals surface area contributed by atoms with Crippen molar-refractivity contribution in [3.05, 3.63) is 0 Å². The molecule has 0 amide bonds. The zero-order valence-electron chi connectivity index (χ0n) is 9.03. The molecule has 0 aliphatic heterocycles. The summed E-state index contributed by atoms with van der Waals surface area (Å²) in [6, 6.07) is 0. The molecule has 2 nitrogen and oxygen atoms in total. The van der Waals surface area contributed by atoms with Gasteiger partial charge in [-0.3, -0.25) is 0 Å². The highest BCUT2D eigenvalue weighted by atomic mass is 32.3. The fraction of sp³-hybridized carbons (Fsp3) is 1.00. The molecule has 0 aromatic rings. The van der Waals surface area contributed by atoms with Crippen LogP contribution in [-0.4, -0.2) is 13.7 Å². The second-order valence-corrected chi connectivity index (χ2v) is 6.40. The third-order valence-electron chi connectivity index (χ3n) is 3.32. The highest BCUT2D eigenvalue weighted by Gasteiger charge is 2.39. The summed E-state index contributed by atoms with van der Waals surface area (Å²) in [6.07, 6.45) is 2.35. The number of halogens is 1. The van der Waals surface area contributed by atoms with Gasteiger partial charge in [-0.05, 0) is 30.6 Å². The lowest BCUT2D eigenvalue weighted by Gasteiger charge is -2.34. The molecule has 0 bridgehead atoms. The summed E-state index contributed by atoms with van der Waals surface area (Å²) in [4.78, 5) is 0. The van der Waals surface area contributed by atoms with Crippen LogP contribution in [0.25, 0.3) is 0 Å². The van der Waals surface area contributed by atoms with E-state index in [0.29, 0.717) is 12.3 Å². The first-order valence-corrected chi connectivity index (χ1v) is 6.70.